The minimum absolute atomic E-state index is 0.257. The topological polar surface area (TPSA) is 51.6 Å². The molecule has 0 saturated heterocycles. The molecule has 0 bridgehead atoms. The molecule has 0 aliphatic rings. The molecule has 6 heteroatoms. The molecule has 0 spiro atoms. The Morgan fingerprint density at radius 3 is 2.75 bits per heavy atom. The Morgan fingerprint density at radius 1 is 1.17 bits per heavy atom. The zero-order valence-electron chi connectivity index (χ0n) is 13.7. The van der Waals surface area contributed by atoms with Gasteiger partial charge in [0.05, 0.1) is 18.7 Å². The van der Waals surface area contributed by atoms with Gasteiger partial charge >= 0.3 is 0 Å². The Bertz CT molecular complexity index is 639. The monoisotopic (exact) mass is 367 g/mol. The molecule has 24 heavy (non-hydrogen) atoms. The molecule has 0 aliphatic heterocycles. The summed E-state index contributed by atoms with van der Waals surface area (Å²) in [6.07, 6.45) is 6.00. The van der Waals surface area contributed by atoms with Crippen LogP contribution in [0.1, 0.15) is 25.7 Å². The summed E-state index contributed by atoms with van der Waals surface area (Å²) in [7, 11) is 1.61. The Kier molecular flexibility index (Phi) is 8.05. The Labute approximate surface area is 152 Å². The van der Waals surface area contributed by atoms with Crippen LogP contribution in [0.25, 0.3) is 0 Å². The molecular formula is C18H22ClNO3S. The van der Waals surface area contributed by atoms with Crippen LogP contribution >= 0.6 is 23.4 Å². The average molecular weight is 368 g/mol. The van der Waals surface area contributed by atoms with E-state index in [9.17, 15) is 5.11 Å². The van der Waals surface area contributed by atoms with Gasteiger partial charge in [0.1, 0.15) is 22.3 Å². The number of methoxy groups -OCH3 is 1. The maximum atomic E-state index is 9.63. The first-order chi connectivity index (χ1) is 11.7. The van der Waals surface area contributed by atoms with E-state index in [-0.39, 0.29) is 5.75 Å². The van der Waals surface area contributed by atoms with E-state index in [4.69, 9.17) is 21.1 Å². The molecule has 0 unspecified atom stereocenters. The van der Waals surface area contributed by atoms with Gasteiger partial charge in [-0.05, 0) is 42.9 Å². The first kappa shape index (κ1) is 18.7. The van der Waals surface area contributed by atoms with Crippen LogP contribution in [0.2, 0.25) is 5.02 Å². The number of rotatable bonds is 10. The van der Waals surface area contributed by atoms with E-state index in [0.717, 1.165) is 37.2 Å². The van der Waals surface area contributed by atoms with Crippen molar-refractivity contribution in [1.82, 2.24) is 4.98 Å². The van der Waals surface area contributed by atoms with Crippen LogP contribution in [0.5, 0.6) is 17.2 Å². The van der Waals surface area contributed by atoms with Crippen LogP contribution < -0.4 is 9.47 Å². The van der Waals surface area contributed by atoms with Gasteiger partial charge in [0, 0.05) is 12.3 Å². The van der Waals surface area contributed by atoms with Crippen LogP contribution in [0.4, 0.5) is 0 Å². The van der Waals surface area contributed by atoms with E-state index in [1.165, 1.54) is 0 Å². The van der Waals surface area contributed by atoms with Crippen LogP contribution in [-0.4, -0.2) is 29.6 Å². The fourth-order valence-electron chi connectivity index (χ4n) is 2.13. The molecule has 2 aromatic rings. The van der Waals surface area contributed by atoms with Crippen molar-refractivity contribution in [3.05, 3.63) is 41.6 Å². The number of nitrogens with zero attached hydrogens (tertiary/aromatic N) is 1. The van der Waals surface area contributed by atoms with Gasteiger partial charge in [-0.25, -0.2) is 4.98 Å². The molecule has 2 rings (SSSR count). The van der Waals surface area contributed by atoms with Crippen molar-refractivity contribution in [3.8, 4) is 17.2 Å². The lowest BCUT2D eigenvalue weighted by Gasteiger charge is -2.09. The van der Waals surface area contributed by atoms with Crippen LogP contribution in [0.15, 0.2) is 41.6 Å². The maximum Gasteiger partial charge on any atom is 0.147 e. The number of aromatic hydroxyl groups is 1. The number of halogens is 1. The molecule has 1 aromatic heterocycles. The van der Waals surface area contributed by atoms with E-state index >= 15 is 0 Å². The van der Waals surface area contributed by atoms with Crippen molar-refractivity contribution in [2.75, 3.05) is 19.5 Å². The summed E-state index contributed by atoms with van der Waals surface area (Å²) >= 11 is 7.72. The largest absolute Gasteiger partial charge is 0.505 e. The molecule has 0 radical (unpaired) electrons. The highest BCUT2D eigenvalue weighted by atomic mass is 35.5. The number of hydrogen-bond acceptors (Lipinski definition) is 5. The first-order valence-corrected chi connectivity index (χ1v) is 9.30. The predicted octanol–water partition coefficient (Wildman–Crippen LogP) is 5.18. The highest BCUT2D eigenvalue weighted by Gasteiger charge is 2.04. The van der Waals surface area contributed by atoms with Crippen molar-refractivity contribution in [3.63, 3.8) is 0 Å². The van der Waals surface area contributed by atoms with Gasteiger partial charge in [0.15, 0.2) is 0 Å². The summed E-state index contributed by atoms with van der Waals surface area (Å²) in [5.74, 6) is 2.63. The fraction of sp³-hybridized carbons (Fsp3) is 0.389. The Hall–Kier alpha value is -1.59. The number of ether oxygens (including phenoxy) is 2. The first-order valence-electron chi connectivity index (χ1n) is 7.94. The van der Waals surface area contributed by atoms with Crippen LogP contribution in [0, 0.1) is 0 Å². The Morgan fingerprint density at radius 2 is 2.00 bits per heavy atom. The SMILES string of the molecule is COc1ccc(OCCCCCCSc2ncccc2O)c(Cl)c1. The number of unbranched alkanes of at least 4 members (excludes halogenated alkanes) is 3. The van der Waals surface area contributed by atoms with Gasteiger partial charge in [-0.3, -0.25) is 0 Å². The summed E-state index contributed by atoms with van der Waals surface area (Å²) in [6, 6.07) is 8.81. The molecule has 0 atom stereocenters. The molecule has 1 aromatic carbocycles. The van der Waals surface area contributed by atoms with Gasteiger partial charge in [-0.1, -0.05) is 24.4 Å². The fourth-order valence-corrected chi connectivity index (χ4v) is 3.25. The summed E-state index contributed by atoms with van der Waals surface area (Å²) < 4.78 is 10.8. The summed E-state index contributed by atoms with van der Waals surface area (Å²) in [5, 5.41) is 10.9. The van der Waals surface area contributed by atoms with Crippen molar-refractivity contribution in [2.45, 2.75) is 30.7 Å². The highest BCUT2D eigenvalue weighted by molar-refractivity contribution is 7.99. The molecule has 0 saturated carbocycles. The number of aromatic nitrogens is 1. The van der Waals surface area contributed by atoms with Gasteiger partial charge < -0.3 is 14.6 Å². The highest BCUT2D eigenvalue weighted by Crippen LogP contribution is 2.29. The van der Waals surface area contributed by atoms with Gasteiger partial charge in [0.25, 0.3) is 0 Å². The molecule has 1 N–H and O–H groups in total. The smallest absolute Gasteiger partial charge is 0.147 e. The van der Waals surface area contributed by atoms with E-state index in [1.807, 2.05) is 12.1 Å². The number of pyridine rings is 1. The third-order valence-corrected chi connectivity index (χ3v) is 4.80. The van der Waals surface area contributed by atoms with Crippen molar-refractivity contribution < 1.29 is 14.6 Å². The van der Waals surface area contributed by atoms with E-state index in [0.29, 0.717) is 22.4 Å². The second-order valence-electron chi connectivity index (χ2n) is 5.24. The number of benzene rings is 1. The maximum absolute atomic E-state index is 9.63. The van der Waals surface area contributed by atoms with Crippen molar-refractivity contribution >= 4 is 23.4 Å². The zero-order valence-corrected chi connectivity index (χ0v) is 15.3. The summed E-state index contributed by atoms with van der Waals surface area (Å²) in [4.78, 5) is 4.15. The molecule has 0 amide bonds. The molecule has 0 fully saturated rings. The normalized spacial score (nSPS) is 10.6. The number of hydrogen-bond donors (Lipinski definition) is 1. The molecule has 1 heterocycles. The zero-order chi connectivity index (χ0) is 17.2. The molecular weight excluding hydrogens is 346 g/mol. The quantitative estimate of drug-likeness (QED) is 0.463. The lowest BCUT2D eigenvalue weighted by atomic mass is 10.2. The van der Waals surface area contributed by atoms with E-state index in [2.05, 4.69) is 4.98 Å². The minimum atomic E-state index is 0.257. The number of thioether (sulfide) groups is 1. The second kappa shape index (κ2) is 10.3. The molecule has 4 nitrogen and oxygen atoms in total. The van der Waals surface area contributed by atoms with Gasteiger partial charge in [-0.2, -0.15) is 0 Å². The summed E-state index contributed by atoms with van der Waals surface area (Å²) in [5.41, 5.74) is 0. The minimum Gasteiger partial charge on any atom is -0.505 e. The van der Waals surface area contributed by atoms with E-state index in [1.54, 1.807) is 43.3 Å². The third kappa shape index (κ3) is 6.13. The van der Waals surface area contributed by atoms with Gasteiger partial charge in [-0.15, -0.1) is 11.8 Å². The van der Waals surface area contributed by atoms with E-state index < -0.39 is 0 Å². The Balaban J connectivity index is 1.55. The predicted molar refractivity (Wildman–Crippen MR) is 98.6 cm³/mol. The van der Waals surface area contributed by atoms with Crippen molar-refractivity contribution in [1.29, 1.82) is 0 Å². The standard InChI is InChI=1S/C18H22ClNO3S/c1-22-14-8-9-17(15(19)13-14)23-11-4-2-3-5-12-24-18-16(21)7-6-10-20-18/h6-10,13,21H,2-5,11-12H2,1H3. The van der Waals surface area contributed by atoms with Crippen molar-refractivity contribution in [2.24, 2.45) is 0 Å². The van der Waals surface area contributed by atoms with Crippen LogP contribution in [0.3, 0.4) is 0 Å². The molecule has 0 aliphatic carbocycles. The third-order valence-electron chi connectivity index (χ3n) is 3.43. The van der Waals surface area contributed by atoms with Crippen LogP contribution in [-0.2, 0) is 0 Å². The second-order valence-corrected chi connectivity index (χ2v) is 6.73. The molecule has 130 valence electrons. The average Bonchev–Trinajstić information content (AvgIpc) is 2.59. The lowest BCUT2D eigenvalue weighted by Crippen LogP contribution is -1.98. The lowest BCUT2D eigenvalue weighted by molar-refractivity contribution is 0.304. The van der Waals surface area contributed by atoms with Gasteiger partial charge in [0.2, 0.25) is 0 Å². The summed E-state index contributed by atoms with van der Waals surface area (Å²) in [6.45, 7) is 0.653.